The quantitative estimate of drug-likeness (QED) is 0.423. The van der Waals surface area contributed by atoms with Gasteiger partial charge in [-0.2, -0.15) is 0 Å². The van der Waals surface area contributed by atoms with Gasteiger partial charge in [-0.05, 0) is 18.4 Å². The zero-order valence-electron chi connectivity index (χ0n) is 11.5. The zero-order chi connectivity index (χ0) is 15.8. The van der Waals surface area contributed by atoms with E-state index in [0.717, 1.165) is 0 Å². The molecule has 1 aromatic carbocycles. The summed E-state index contributed by atoms with van der Waals surface area (Å²) in [7, 11) is 0. The predicted molar refractivity (Wildman–Crippen MR) is 77.4 cm³/mol. The van der Waals surface area contributed by atoms with E-state index in [0.29, 0.717) is 18.4 Å². The second-order valence-electron chi connectivity index (χ2n) is 4.49. The van der Waals surface area contributed by atoms with Gasteiger partial charge in [0.05, 0.1) is 11.3 Å². The number of rotatable bonds is 8. The molecule has 112 valence electrons. The van der Waals surface area contributed by atoms with Crippen molar-refractivity contribution < 1.29 is 14.5 Å². The second kappa shape index (κ2) is 7.78. The molecule has 1 aromatic rings. The van der Waals surface area contributed by atoms with Gasteiger partial charge in [-0.3, -0.25) is 19.7 Å². The summed E-state index contributed by atoms with van der Waals surface area (Å²) in [6.07, 6.45) is 2.49. The van der Waals surface area contributed by atoms with Crippen molar-refractivity contribution in [1.82, 2.24) is 5.32 Å². The van der Waals surface area contributed by atoms with E-state index >= 15 is 0 Å². The van der Waals surface area contributed by atoms with Crippen LogP contribution in [0.4, 0.5) is 5.69 Å². The molecule has 0 aliphatic rings. The molecule has 7 nitrogen and oxygen atoms in total. The molecule has 0 fully saturated rings. The Labute approximate surface area is 122 Å². The van der Waals surface area contributed by atoms with Crippen molar-refractivity contribution in [2.75, 3.05) is 0 Å². The molecule has 0 bridgehead atoms. The lowest BCUT2D eigenvalue weighted by Gasteiger charge is -2.14. The predicted octanol–water partition coefficient (Wildman–Crippen LogP) is 1.07. The lowest BCUT2D eigenvalue weighted by Crippen LogP contribution is -2.44. The van der Waals surface area contributed by atoms with Gasteiger partial charge in [0, 0.05) is 12.1 Å². The molecule has 0 radical (unpaired) electrons. The van der Waals surface area contributed by atoms with Gasteiger partial charge in [-0.25, -0.2) is 0 Å². The number of benzene rings is 1. The van der Waals surface area contributed by atoms with Gasteiger partial charge >= 0.3 is 0 Å². The first-order valence-electron chi connectivity index (χ1n) is 6.37. The van der Waals surface area contributed by atoms with E-state index < -0.39 is 22.8 Å². The van der Waals surface area contributed by atoms with Crippen LogP contribution in [-0.4, -0.2) is 22.8 Å². The van der Waals surface area contributed by atoms with Crippen molar-refractivity contribution in [3.63, 3.8) is 0 Å². The van der Waals surface area contributed by atoms with Crippen molar-refractivity contribution in [2.24, 2.45) is 5.73 Å². The Morgan fingerprint density at radius 3 is 2.76 bits per heavy atom. The van der Waals surface area contributed by atoms with E-state index in [2.05, 4.69) is 11.9 Å². The third-order valence-electron chi connectivity index (χ3n) is 2.82. The van der Waals surface area contributed by atoms with Crippen molar-refractivity contribution >= 4 is 17.5 Å². The number of amides is 2. The summed E-state index contributed by atoms with van der Waals surface area (Å²) in [5.41, 5.74) is 5.62. The fourth-order valence-electron chi connectivity index (χ4n) is 1.78. The maximum atomic E-state index is 11.9. The average molecular weight is 291 g/mol. The molecule has 0 saturated heterocycles. The maximum absolute atomic E-state index is 11.9. The van der Waals surface area contributed by atoms with Gasteiger partial charge in [0.2, 0.25) is 11.8 Å². The largest absolute Gasteiger partial charge is 0.368 e. The average Bonchev–Trinajstić information content (AvgIpc) is 2.43. The van der Waals surface area contributed by atoms with E-state index in [4.69, 9.17) is 5.73 Å². The third kappa shape index (κ3) is 5.43. The number of primary amides is 1. The van der Waals surface area contributed by atoms with E-state index in [1.165, 1.54) is 18.2 Å². The minimum atomic E-state index is -0.769. The van der Waals surface area contributed by atoms with Crippen molar-refractivity contribution in [3.8, 4) is 0 Å². The summed E-state index contributed by atoms with van der Waals surface area (Å²) >= 11 is 0. The minimum absolute atomic E-state index is 0.0560. The van der Waals surface area contributed by atoms with E-state index in [-0.39, 0.29) is 12.1 Å². The van der Waals surface area contributed by atoms with Crippen LogP contribution >= 0.6 is 0 Å². The molecule has 21 heavy (non-hydrogen) atoms. The molecule has 0 aliphatic heterocycles. The zero-order valence-corrected chi connectivity index (χ0v) is 11.5. The molecular weight excluding hydrogens is 274 g/mol. The van der Waals surface area contributed by atoms with Gasteiger partial charge < -0.3 is 11.1 Å². The number of nitrogens with zero attached hydrogens (tertiary/aromatic N) is 1. The monoisotopic (exact) mass is 291 g/mol. The van der Waals surface area contributed by atoms with Crippen LogP contribution in [0.5, 0.6) is 0 Å². The van der Waals surface area contributed by atoms with Gasteiger partial charge in [-0.15, -0.1) is 6.58 Å². The minimum Gasteiger partial charge on any atom is -0.368 e. The summed E-state index contributed by atoms with van der Waals surface area (Å²) < 4.78 is 0. The molecule has 0 saturated carbocycles. The van der Waals surface area contributed by atoms with Crippen LogP contribution in [-0.2, 0) is 16.0 Å². The van der Waals surface area contributed by atoms with Crippen LogP contribution in [0.25, 0.3) is 0 Å². The molecule has 0 aromatic heterocycles. The molecule has 1 rings (SSSR count). The lowest BCUT2D eigenvalue weighted by molar-refractivity contribution is -0.384. The molecule has 7 heteroatoms. The Kier molecular flexibility index (Phi) is 6.06. The van der Waals surface area contributed by atoms with Crippen LogP contribution in [0, 0.1) is 10.1 Å². The highest BCUT2D eigenvalue weighted by atomic mass is 16.6. The molecule has 0 aliphatic carbocycles. The number of carbonyl (C=O) groups excluding carboxylic acids is 2. The Morgan fingerprint density at radius 2 is 2.19 bits per heavy atom. The Hall–Kier alpha value is -2.70. The van der Waals surface area contributed by atoms with E-state index in [1.807, 2.05) is 0 Å². The first-order chi connectivity index (χ1) is 9.93. The molecule has 2 amide bonds. The van der Waals surface area contributed by atoms with Crippen molar-refractivity contribution in [2.45, 2.75) is 25.3 Å². The van der Waals surface area contributed by atoms with Crippen molar-refractivity contribution in [1.29, 1.82) is 0 Å². The number of non-ortho nitro benzene ring substituents is 1. The van der Waals surface area contributed by atoms with Gasteiger partial charge in [0.15, 0.2) is 0 Å². The highest BCUT2D eigenvalue weighted by Crippen LogP contribution is 2.13. The summed E-state index contributed by atoms with van der Waals surface area (Å²) in [4.78, 5) is 33.2. The summed E-state index contributed by atoms with van der Waals surface area (Å²) in [5, 5.41) is 13.2. The highest BCUT2D eigenvalue weighted by Gasteiger charge is 2.17. The van der Waals surface area contributed by atoms with Crippen LogP contribution in [0.3, 0.4) is 0 Å². The fourth-order valence-corrected chi connectivity index (χ4v) is 1.78. The Bertz CT molecular complexity index is 557. The van der Waals surface area contributed by atoms with Crippen LogP contribution in [0.2, 0.25) is 0 Å². The number of nitro groups is 1. The van der Waals surface area contributed by atoms with E-state index in [9.17, 15) is 19.7 Å². The van der Waals surface area contributed by atoms with Crippen molar-refractivity contribution in [3.05, 3.63) is 52.6 Å². The SMILES string of the molecule is C=CCC[C@H](NC(=O)Cc1cccc([N+](=O)[O-])c1)C(N)=O. The molecular formula is C14H17N3O4. The Balaban J connectivity index is 2.67. The number of hydrogen-bond acceptors (Lipinski definition) is 4. The van der Waals surface area contributed by atoms with E-state index in [1.54, 1.807) is 12.1 Å². The van der Waals surface area contributed by atoms with Crippen LogP contribution in [0.1, 0.15) is 18.4 Å². The number of hydrogen-bond donors (Lipinski definition) is 2. The number of allylic oxidation sites excluding steroid dienone is 1. The van der Waals surface area contributed by atoms with Gasteiger partial charge in [-0.1, -0.05) is 18.2 Å². The number of nitrogens with two attached hydrogens (primary N) is 1. The number of nitrogens with one attached hydrogen (secondary N) is 1. The first-order valence-corrected chi connectivity index (χ1v) is 6.37. The van der Waals surface area contributed by atoms with Crippen LogP contribution in [0.15, 0.2) is 36.9 Å². The number of nitro benzene ring substituents is 1. The topological polar surface area (TPSA) is 115 Å². The molecule has 1 atom stereocenters. The highest BCUT2D eigenvalue weighted by molar-refractivity contribution is 5.87. The van der Waals surface area contributed by atoms with Gasteiger partial charge in [0.25, 0.3) is 5.69 Å². The lowest BCUT2D eigenvalue weighted by atomic mass is 10.1. The standard InChI is InChI=1S/C14H17N3O4/c1-2-3-7-12(14(15)19)16-13(18)9-10-5-4-6-11(8-10)17(20)21/h2,4-6,8,12H,1,3,7,9H2,(H2,15,19)(H,16,18)/t12-/m0/s1. The smallest absolute Gasteiger partial charge is 0.269 e. The second-order valence-corrected chi connectivity index (χ2v) is 4.49. The number of carbonyl (C=O) groups is 2. The third-order valence-corrected chi connectivity index (χ3v) is 2.82. The van der Waals surface area contributed by atoms with Gasteiger partial charge in [0.1, 0.15) is 6.04 Å². The van der Waals surface area contributed by atoms with Crippen LogP contribution < -0.4 is 11.1 Å². The summed E-state index contributed by atoms with van der Waals surface area (Å²) in [5.74, 6) is -1.03. The fraction of sp³-hybridized carbons (Fsp3) is 0.286. The first kappa shape index (κ1) is 16.4. The summed E-state index contributed by atoms with van der Waals surface area (Å²) in [6, 6.07) is 5.01. The molecule has 0 unspecified atom stereocenters. The maximum Gasteiger partial charge on any atom is 0.269 e. The molecule has 3 N–H and O–H groups in total. The molecule has 0 spiro atoms. The Morgan fingerprint density at radius 1 is 1.48 bits per heavy atom. The molecule has 0 heterocycles. The normalized spacial score (nSPS) is 11.4. The summed E-state index contributed by atoms with van der Waals surface area (Å²) in [6.45, 7) is 3.54.